The zero-order valence-corrected chi connectivity index (χ0v) is 13.4. The summed E-state index contributed by atoms with van der Waals surface area (Å²) in [4.78, 5) is 35.1. The Labute approximate surface area is 134 Å². The Morgan fingerprint density at radius 1 is 1.09 bits per heavy atom. The summed E-state index contributed by atoms with van der Waals surface area (Å²) in [6.45, 7) is 5.11. The van der Waals surface area contributed by atoms with Crippen LogP contribution in [0, 0.1) is 0 Å². The number of amides is 1. The largest absolute Gasteiger partial charge is 0.457 e. The van der Waals surface area contributed by atoms with Gasteiger partial charge in [-0.25, -0.2) is 4.79 Å². The molecule has 1 aromatic carbocycles. The molecule has 0 aliphatic carbocycles. The fourth-order valence-corrected chi connectivity index (χ4v) is 1.74. The van der Waals surface area contributed by atoms with Crippen molar-refractivity contribution in [3.8, 4) is 0 Å². The maximum atomic E-state index is 12.3. The number of nitrogens with two attached hydrogens (primary N) is 2. The van der Waals surface area contributed by atoms with Crippen molar-refractivity contribution in [2.24, 2.45) is 11.5 Å². The van der Waals surface area contributed by atoms with Crippen LogP contribution in [0.5, 0.6) is 0 Å². The van der Waals surface area contributed by atoms with E-state index in [0.29, 0.717) is 5.56 Å². The standard InChI is InChI=1S/C16H22N2O5/c1-16(2,3)23-15(21)13(10-7-5-4-6-8-10)22-14(20)11(17)9-12(18)19/h4-8,11,13H,9,17H2,1-3H3,(H2,18,19)/t11-,13?/m0/s1. The molecule has 0 aliphatic heterocycles. The van der Waals surface area contributed by atoms with Gasteiger partial charge in [0.05, 0.1) is 6.42 Å². The summed E-state index contributed by atoms with van der Waals surface area (Å²) in [5, 5.41) is 0. The second-order valence-corrected chi connectivity index (χ2v) is 6.04. The van der Waals surface area contributed by atoms with Gasteiger partial charge in [-0.15, -0.1) is 0 Å². The first-order valence-electron chi connectivity index (χ1n) is 7.12. The molecule has 0 aliphatic rings. The SMILES string of the molecule is CC(C)(C)OC(=O)C(OC(=O)[C@@H](N)CC(N)=O)c1ccccc1. The Balaban J connectivity index is 2.94. The summed E-state index contributed by atoms with van der Waals surface area (Å²) in [7, 11) is 0. The lowest BCUT2D eigenvalue weighted by molar-refractivity contribution is -0.177. The van der Waals surface area contributed by atoms with E-state index < -0.39 is 35.6 Å². The lowest BCUT2D eigenvalue weighted by Gasteiger charge is -2.24. The minimum absolute atomic E-state index is 0.366. The maximum Gasteiger partial charge on any atom is 0.352 e. The van der Waals surface area contributed by atoms with E-state index >= 15 is 0 Å². The molecule has 1 aromatic rings. The summed E-state index contributed by atoms with van der Waals surface area (Å²) < 4.78 is 10.4. The third kappa shape index (κ3) is 6.48. The zero-order chi connectivity index (χ0) is 17.6. The van der Waals surface area contributed by atoms with E-state index in [9.17, 15) is 14.4 Å². The predicted molar refractivity (Wildman–Crippen MR) is 82.9 cm³/mol. The molecule has 126 valence electrons. The van der Waals surface area contributed by atoms with Gasteiger partial charge in [0.1, 0.15) is 11.6 Å². The van der Waals surface area contributed by atoms with Crippen LogP contribution in [-0.4, -0.2) is 29.5 Å². The molecule has 7 nitrogen and oxygen atoms in total. The molecule has 1 rings (SSSR count). The number of carbonyl (C=O) groups is 3. The molecule has 23 heavy (non-hydrogen) atoms. The molecule has 7 heteroatoms. The number of primary amides is 1. The van der Waals surface area contributed by atoms with Crippen LogP contribution in [0.25, 0.3) is 0 Å². The van der Waals surface area contributed by atoms with Crippen molar-refractivity contribution in [1.29, 1.82) is 0 Å². The van der Waals surface area contributed by atoms with Crippen molar-refractivity contribution in [2.75, 3.05) is 0 Å². The summed E-state index contributed by atoms with van der Waals surface area (Å²) in [6.07, 6.45) is -1.63. The first-order valence-corrected chi connectivity index (χ1v) is 7.12. The molecular formula is C16H22N2O5. The van der Waals surface area contributed by atoms with Crippen LogP contribution in [0.3, 0.4) is 0 Å². The van der Waals surface area contributed by atoms with E-state index in [2.05, 4.69) is 0 Å². The molecule has 1 unspecified atom stereocenters. The van der Waals surface area contributed by atoms with Crippen LogP contribution in [0.1, 0.15) is 38.9 Å². The van der Waals surface area contributed by atoms with Crippen molar-refractivity contribution in [2.45, 2.75) is 44.9 Å². The van der Waals surface area contributed by atoms with Gasteiger partial charge in [-0.05, 0) is 20.8 Å². The summed E-state index contributed by atoms with van der Waals surface area (Å²) in [5.74, 6) is -2.35. The quantitative estimate of drug-likeness (QED) is 0.748. The maximum absolute atomic E-state index is 12.3. The van der Waals surface area contributed by atoms with Gasteiger partial charge in [0.15, 0.2) is 0 Å². The highest BCUT2D eigenvalue weighted by Crippen LogP contribution is 2.22. The normalized spacial score (nSPS) is 13.7. The predicted octanol–water partition coefficient (Wildman–Crippen LogP) is 0.815. The van der Waals surface area contributed by atoms with Gasteiger partial charge < -0.3 is 20.9 Å². The molecule has 0 spiro atoms. The second kappa shape index (κ2) is 7.73. The van der Waals surface area contributed by atoms with E-state index in [1.54, 1.807) is 51.1 Å². The van der Waals surface area contributed by atoms with E-state index in [1.165, 1.54) is 0 Å². The third-order valence-electron chi connectivity index (χ3n) is 2.68. The smallest absolute Gasteiger partial charge is 0.352 e. The van der Waals surface area contributed by atoms with Gasteiger partial charge in [0, 0.05) is 5.56 Å². The van der Waals surface area contributed by atoms with Crippen LogP contribution in [-0.2, 0) is 23.9 Å². The molecule has 0 saturated carbocycles. The Bertz CT molecular complexity index is 566. The number of hydrogen-bond acceptors (Lipinski definition) is 6. The van der Waals surface area contributed by atoms with E-state index in [4.69, 9.17) is 20.9 Å². The van der Waals surface area contributed by atoms with E-state index in [1.807, 2.05) is 0 Å². The lowest BCUT2D eigenvalue weighted by Crippen LogP contribution is -2.39. The molecule has 4 N–H and O–H groups in total. The average Bonchev–Trinajstić information content (AvgIpc) is 2.42. The minimum Gasteiger partial charge on any atom is -0.457 e. The van der Waals surface area contributed by atoms with Gasteiger partial charge in [0.2, 0.25) is 12.0 Å². The Morgan fingerprint density at radius 3 is 2.13 bits per heavy atom. The van der Waals surface area contributed by atoms with Gasteiger partial charge in [-0.3, -0.25) is 9.59 Å². The Kier molecular flexibility index (Phi) is 6.27. The number of ether oxygens (including phenoxy) is 2. The summed E-state index contributed by atoms with van der Waals surface area (Å²) in [5.41, 5.74) is 10.2. The topological polar surface area (TPSA) is 122 Å². The van der Waals surface area contributed by atoms with Crippen LogP contribution >= 0.6 is 0 Å². The van der Waals surface area contributed by atoms with Crippen LogP contribution < -0.4 is 11.5 Å². The number of carbonyl (C=O) groups excluding carboxylic acids is 3. The molecule has 0 saturated heterocycles. The van der Waals surface area contributed by atoms with Crippen molar-refractivity contribution < 1.29 is 23.9 Å². The van der Waals surface area contributed by atoms with Gasteiger partial charge in [-0.2, -0.15) is 0 Å². The molecule has 0 fully saturated rings. The van der Waals surface area contributed by atoms with Crippen molar-refractivity contribution in [3.63, 3.8) is 0 Å². The highest BCUT2D eigenvalue weighted by molar-refractivity contribution is 5.86. The third-order valence-corrected chi connectivity index (χ3v) is 2.68. The molecule has 1 amide bonds. The first-order chi connectivity index (χ1) is 10.6. The van der Waals surface area contributed by atoms with Crippen LogP contribution in [0.15, 0.2) is 30.3 Å². The highest BCUT2D eigenvalue weighted by Gasteiger charge is 2.31. The average molecular weight is 322 g/mol. The highest BCUT2D eigenvalue weighted by atomic mass is 16.6. The zero-order valence-electron chi connectivity index (χ0n) is 13.4. The molecule has 2 atom stereocenters. The van der Waals surface area contributed by atoms with Gasteiger partial charge >= 0.3 is 11.9 Å². The molecule has 0 radical (unpaired) electrons. The first kappa shape index (κ1) is 18.6. The van der Waals surface area contributed by atoms with Crippen molar-refractivity contribution in [3.05, 3.63) is 35.9 Å². The van der Waals surface area contributed by atoms with E-state index in [-0.39, 0.29) is 6.42 Å². The van der Waals surface area contributed by atoms with Crippen molar-refractivity contribution >= 4 is 17.8 Å². The van der Waals surface area contributed by atoms with Crippen LogP contribution in [0.2, 0.25) is 0 Å². The summed E-state index contributed by atoms with van der Waals surface area (Å²) >= 11 is 0. The lowest BCUT2D eigenvalue weighted by atomic mass is 10.1. The fourth-order valence-electron chi connectivity index (χ4n) is 1.74. The molecule has 0 bridgehead atoms. The number of rotatable bonds is 6. The fraction of sp³-hybridized carbons (Fsp3) is 0.438. The van der Waals surface area contributed by atoms with E-state index in [0.717, 1.165) is 0 Å². The molecule has 0 heterocycles. The Morgan fingerprint density at radius 2 is 1.65 bits per heavy atom. The second-order valence-electron chi connectivity index (χ2n) is 6.04. The van der Waals surface area contributed by atoms with Crippen molar-refractivity contribution in [1.82, 2.24) is 0 Å². The molecule has 0 aromatic heterocycles. The van der Waals surface area contributed by atoms with Gasteiger partial charge in [-0.1, -0.05) is 30.3 Å². The monoisotopic (exact) mass is 322 g/mol. The molecular weight excluding hydrogens is 300 g/mol. The number of hydrogen-bond donors (Lipinski definition) is 2. The number of benzene rings is 1. The van der Waals surface area contributed by atoms with Crippen LogP contribution in [0.4, 0.5) is 0 Å². The minimum atomic E-state index is -1.26. The van der Waals surface area contributed by atoms with Gasteiger partial charge in [0.25, 0.3) is 0 Å². The number of esters is 2. The summed E-state index contributed by atoms with van der Waals surface area (Å²) in [6, 6.07) is 7.17. The Hall–Kier alpha value is -2.41.